The van der Waals surface area contributed by atoms with Gasteiger partial charge in [0.25, 0.3) is 10.0 Å². The number of nitrogens with one attached hydrogen (secondary N) is 2. The number of anilines is 2. The molecule has 0 unspecified atom stereocenters. The summed E-state index contributed by atoms with van der Waals surface area (Å²) in [6.45, 7) is 3.94. The zero-order chi connectivity index (χ0) is 22.4. The van der Waals surface area contributed by atoms with E-state index >= 15 is 0 Å². The van der Waals surface area contributed by atoms with Gasteiger partial charge in [0.2, 0.25) is 5.91 Å². The van der Waals surface area contributed by atoms with Crippen LogP contribution in [0.4, 0.5) is 11.5 Å². The number of amides is 1. The van der Waals surface area contributed by atoms with Crippen molar-refractivity contribution in [3.63, 3.8) is 0 Å². The average molecular weight is 464 g/mol. The molecule has 0 bridgehead atoms. The smallest absolute Gasteiger partial charge is 0.263 e. The molecule has 31 heavy (non-hydrogen) atoms. The highest BCUT2D eigenvalue weighted by atomic mass is 35.5. The molecule has 1 aromatic heterocycles. The van der Waals surface area contributed by atoms with Crippen molar-refractivity contribution in [3.05, 3.63) is 64.9 Å². The highest BCUT2D eigenvalue weighted by molar-refractivity contribution is 7.92. The van der Waals surface area contributed by atoms with Crippen LogP contribution in [-0.2, 0) is 14.8 Å². The zero-order valence-corrected chi connectivity index (χ0v) is 18.6. The molecular formula is C21H22ClN3O5S. The second kappa shape index (κ2) is 9.84. The summed E-state index contributed by atoms with van der Waals surface area (Å²) in [5, 5.41) is 7.02. The number of hydrogen-bond acceptors (Lipinski definition) is 6. The van der Waals surface area contributed by atoms with Crippen LogP contribution in [0.5, 0.6) is 5.75 Å². The molecular weight excluding hydrogens is 442 g/mol. The Bertz CT molecular complexity index is 1160. The van der Waals surface area contributed by atoms with E-state index in [1.807, 2.05) is 13.0 Å². The molecule has 0 spiro atoms. The summed E-state index contributed by atoms with van der Waals surface area (Å²) in [7, 11) is -3.81. The molecule has 8 nitrogen and oxygen atoms in total. The first-order valence-corrected chi connectivity index (χ1v) is 11.3. The number of carbonyl (C=O) groups is 1. The molecule has 1 heterocycles. The van der Waals surface area contributed by atoms with Gasteiger partial charge in [-0.1, -0.05) is 16.8 Å². The molecule has 2 N–H and O–H groups in total. The summed E-state index contributed by atoms with van der Waals surface area (Å²) in [6.07, 6.45) is 0.792. The van der Waals surface area contributed by atoms with Gasteiger partial charge in [-0.3, -0.25) is 9.52 Å². The van der Waals surface area contributed by atoms with Gasteiger partial charge in [0, 0.05) is 23.2 Å². The number of aryl methyl sites for hydroxylation is 2. The molecule has 0 aliphatic rings. The molecule has 2 aromatic carbocycles. The second-order valence-electron chi connectivity index (χ2n) is 6.86. The molecule has 164 valence electrons. The van der Waals surface area contributed by atoms with Crippen molar-refractivity contribution in [2.45, 2.75) is 31.6 Å². The van der Waals surface area contributed by atoms with Gasteiger partial charge in [-0.2, -0.15) is 0 Å². The fourth-order valence-electron chi connectivity index (χ4n) is 2.68. The minimum absolute atomic E-state index is 0.0396. The Morgan fingerprint density at radius 1 is 1.13 bits per heavy atom. The van der Waals surface area contributed by atoms with Gasteiger partial charge in [-0.05, 0) is 68.3 Å². The minimum Gasteiger partial charge on any atom is -0.494 e. The lowest BCUT2D eigenvalue weighted by atomic mass is 10.2. The van der Waals surface area contributed by atoms with E-state index in [0.29, 0.717) is 35.2 Å². The highest BCUT2D eigenvalue weighted by Crippen LogP contribution is 2.21. The van der Waals surface area contributed by atoms with Gasteiger partial charge in [-0.25, -0.2) is 8.42 Å². The van der Waals surface area contributed by atoms with Crippen LogP contribution in [-0.4, -0.2) is 26.1 Å². The molecule has 3 aromatic rings. The molecule has 0 atom stereocenters. The number of sulfonamides is 1. The Kier molecular flexibility index (Phi) is 7.19. The summed E-state index contributed by atoms with van der Waals surface area (Å²) in [6, 6.07) is 12.7. The highest BCUT2D eigenvalue weighted by Gasteiger charge is 2.16. The Labute approximate surface area is 185 Å². The van der Waals surface area contributed by atoms with Crippen LogP contribution < -0.4 is 14.8 Å². The quantitative estimate of drug-likeness (QED) is 0.450. The third-order valence-electron chi connectivity index (χ3n) is 4.26. The normalized spacial score (nSPS) is 11.2. The number of benzene rings is 2. The first kappa shape index (κ1) is 22.6. The van der Waals surface area contributed by atoms with Gasteiger partial charge >= 0.3 is 0 Å². The topological polar surface area (TPSA) is 111 Å². The molecule has 0 radical (unpaired) electrons. The number of hydrogen-bond donors (Lipinski definition) is 2. The van der Waals surface area contributed by atoms with Gasteiger partial charge in [0.15, 0.2) is 5.82 Å². The lowest BCUT2D eigenvalue weighted by molar-refractivity contribution is -0.116. The zero-order valence-electron chi connectivity index (χ0n) is 17.0. The number of ether oxygens (including phenoxy) is 1. The van der Waals surface area contributed by atoms with Crippen molar-refractivity contribution in [1.82, 2.24) is 5.16 Å². The van der Waals surface area contributed by atoms with E-state index < -0.39 is 10.0 Å². The average Bonchev–Trinajstić information content (AvgIpc) is 3.12. The van der Waals surface area contributed by atoms with Crippen molar-refractivity contribution in [2.24, 2.45) is 0 Å². The molecule has 0 saturated carbocycles. The van der Waals surface area contributed by atoms with Crippen LogP contribution in [0, 0.1) is 13.8 Å². The molecule has 0 aliphatic heterocycles. The largest absolute Gasteiger partial charge is 0.494 e. The number of nitrogens with zero attached hydrogens (tertiary/aromatic N) is 1. The van der Waals surface area contributed by atoms with E-state index in [1.54, 1.807) is 19.1 Å². The lowest BCUT2D eigenvalue weighted by Gasteiger charge is -2.09. The third-order valence-corrected chi connectivity index (χ3v) is 6.06. The Hall–Kier alpha value is -3.04. The summed E-state index contributed by atoms with van der Waals surface area (Å²) in [5.41, 5.74) is 1.42. The Morgan fingerprint density at radius 2 is 1.87 bits per heavy atom. The Balaban J connectivity index is 1.46. The van der Waals surface area contributed by atoms with E-state index in [1.165, 1.54) is 30.3 Å². The summed E-state index contributed by atoms with van der Waals surface area (Å²) in [5.74, 6) is 1.10. The van der Waals surface area contributed by atoms with E-state index in [-0.39, 0.29) is 23.0 Å². The molecule has 10 heteroatoms. The second-order valence-corrected chi connectivity index (χ2v) is 8.95. The number of carbonyl (C=O) groups excluding carboxylic acids is 1. The van der Waals surface area contributed by atoms with Crippen LogP contribution in [0.1, 0.15) is 24.2 Å². The van der Waals surface area contributed by atoms with Gasteiger partial charge in [0.1, 0.15) is 11.5 Å². The van der Waals surface area contributed by atoms with Crippen LogP contribution in [0.25, 0.3) is 0 Å². The molecule has 0 fully saturated rings. The lowest BCUT2D eigenvalue weighted by Crippen LogP contribution is -2.14. The Morgan fingerprint density at radius 3 is 2.52 bits per heavy atom. The van der Waals surface area contributed by atoms with Crippen molar-refractivity contribution in [3.8, 4) is 5.75 Å². The van der Waals surface area contributed by atoms with Crippen molar-refractivity contribution in [2.75, 3.05) is 16.6 Å². The SMILES string of the molecule is Cc1cc(NS(=O)(=O)c2ccc(NC(=O)CCCOc3ccc(Cl)c(C)c3)cc2)no1. The van der Waals surface area contributed by atoms with Crippen molar-refractivity contribution < 1.29 is 22.5 Å². The van der Waals surface area contributed by atoms with Gasteiger partial charge in [0.05, 0.1) is 11.5 Å². The summed E-state index contributed by atoms with van der Waals surface area (Å²) < 4.78 is 37.5. The fraction of sp³-hybridized carbons (Fsp3) is 0.238. The predicted octanol–water partition coefficient (Wildman–Crippen LogP) is 4.54. The molecule has 1 amide bonds. The van der Waals surface area contributed by atoms with E-state index in [4.69, 9.17) is 20.9 Å². The molecule has 0 saturated heterocycles. The van der Waals surface area contributed by atoms with Gasteiger partial charge in [-0.15, -0.1) is 0 Å². The van der Waals surface area contributed by atoms with Gasteiger partial charge < -0.3 is 14.6 Å². The van der Waals surface area contributed by atoms with Crippen LogP contribution >= 0.6 is 11.6 Å². The maximum atomic E-state index is 12.4. The summed E-state index contributed by atoms with van der Waals surface area (Å²) >= 11 is 5.98. The number of aromatic nitrogens is 1. The van der Waals surface area contributed by atoms with Crippen molar-refractivity contribution >= 4 is 39.0 Å². The minimum atomic E-state index is -3.81. The summed E-state index contributed by atoms with van der Waals surface area (Å²) in [4.78, 5) is 12.2. The first-order chi connectivity index (χ1) is 14.7. The maximum Gasteiger partial charge on any atom is 0.263 e. The fourth-order valence-corrected chi connectivity index (χ4v) is 3.78. The van der Waals surface area contributed by atoms with E-state index in [2.05, 4.69) is 15.2 Å². The molecule has 0 aliphatic carbocycles. The third kappa shape index (κ3) is 6.47. The van der Waals surface area contributed by atoms with E-state index in [0.717, 1.165) is 5.56 Å². The standard InChI is InChI=1S/C21H22ClN3O5S/c1-14-12-17(7-10-19(14)22)29-11-3-4-21(26)23-16-5-8-18(9-6-16)31(27,28)25-20-13-15(2)30-24-20/h5-10,12-13H,3-4,11H2,1-2H3,(H,23,26)(H,24,25). The van der Waals surface area contributed by atoms with Crippen molar-refractivity contribution in [1.29, 1.82) is 0 Å². The predicted molar refractivity (Wildman–Crippen MR) is 118 cm³/mol. The molecule has 3 rings (SSSR count). The van der Waals surface area contributed by atoms with Crippen LogP contribution in [0.3, 0.4) is 0 Å². The van der Waals surface area contributed by atoms with Crippen LogP contribution in [0.2, 0.25) is 5.02 Å². The monoisotopic (exact) mass is 463 g/mol. The number of halogens is 1. The van der Waals surface area contributed by atoms with Crippen LogP contribution in [0.15, 0.2) is 57.9 Å². The maximum absolute atomic E-state index is 12.4. The van der Waals surface area contributed by atoms with E-state index in [9.17, 15) is 13.2 Å². The first-order valence-electron chi connectivity index (χ1n) is 9.48. The number of rotatable bonds is 9.